The summed E-state index contributed by atoms with van der Waals surface area (Å²) >= 11 is 7.18. The molecular formula is C11H14ClN3O4S. The first-order valence-corrected chi connectivity index (χ1v) is 7.33. The number of aliphatic hydroxyl groups is 1. The van der Waals surface area contributed by atoms with Gasteiger partial charge >= 0.3 is 0 Å². The number of carbonyl (C=O) groups is 1. The first-order valence-electron chi connectivity index (χ1n) is 5.56. The fraction of sp³-hybridized carbons (Fsp3) is 0.455. The Balaban J connectivity index is 2.82. The fourth-order valence-corrected chi connectivity index (χ4v) is 2.34. The monoisotopic (exact) mass is 319 g/mol. The van der Waals surface area contributed by atoms with Crippen molar-refractivity contribution in [3.8, 4) is 0 Å². The second kappa shape index (κ2) is 6.87. The van der Waals surface area contributed by atoms with Gasteiger partial charge in [0.15, 0.2) is 0 Å². The largest absolute Gasteiger partial charge is 0.387 e. The molecule has 1 heterocycles. The van der Waals surface area contributed by atoms with Crippen LogP contribution in [0.5, 0.6) is 0 Å². The topological polar surface area (TPSA) is 105 Å². The van der Waals surface area contributed by atoms with Crippen molar-refractivity contribution in [2.24, 2.45) is 0 Å². The number of nitro groups is 1. The molecule has 0 bridgehead atoms. The van der Waals surface area contributed by atoms with Gasteiger partial charge in [-0.25, -0.2) is 4.98 Å². The van der Waals surface area contributed by atoms with Gasteiger partial charge in [-0.15, -0.1) is 0 Å². The Morgan fingerprint density at radius 1 is 1.70 bits per heavy atom. The number of hydrogen-bond donors (Lipinski definition) is 2. The lowest BCUT2D eigenvalue weighted by Crippen LogP contribution is -2.42. The first-order chi connectivity index (χ1) is 9.26. The van der Waals surface area contributed by atoms with Gasteiger partial charge in [0.25, 0.3) is 11.6 Å². The molecule has 1 unspecified atom stereocenters. The van der Waals surface area contributed by atoms with E-state index >= 15 is 0 Å². The highest BCUT2D eigenvalue weighted by Crippen LogP contribution is 2.19. The van der Waals surface area contributed by atoms with Crippen LogP contribution in [0.15, 0.2) is 12.3 Å². The third kappa shape index (κ3) is 4.62. The summed E-state index contributed by atoms with van der Waals surface area (Å²) < 4.78 is 0. The minimum Gasteiger partial charge on any atom is -0.387 e. The van der Waals surface area contributed by atoms with E-state index in [0.29, 0.717) is 5.75 Å². The van der Waals surface area contributed by atoms with Crippen LogP contribution in [-0.4, -0.2) is 45.1 Å². The zero-order chi connectivity index (χ0) is 15.3. The quantitative estimate of drug-likeness (QED) is 0.467. The van der Waals surface area contributed by atoms with Crippen LogP contribution < -0.4 is 5.32 Å². The van der Waals surface area contributed by atoms with E-state index in [1.807, 2.05) is 6.26 Å². The van der Waals surface area contributed by atoms with Crippen LogP contribution >= 0.6 is 23.4 Å². The standard InChI is InChI=1S/C11H14ClN3O4S/c1-11(17,6-20-2)5-14-10(16)8-3-7(15(18)19)4-13-9(8)12/h3-4,17H,5-6H2,1-2H3,(H,14,16). The lowest BCUT2D eigenvalue weighted by molar-refractivity contribution is -0.385. The SMILES string of the molecule is CSCC(C)(O)CNC(=O)c1cc([N+](=O)[O-])cnc1Cl. The summed E-state index contributed by atoms with van der Waals surface area (Å²) in [4.78, 5) is 25.5. The zero-order valence-electron chi connectivity index (χ0n) is 10.9. The molecule has 0 saturated heterocycles. The second-order valence-corrected chi connectivity index (χ2v) is 5.63. The maximum Gasteiger partial charge on any atom is 0.288 e. The van der Waals surface area contributed by atoms with E-state index in [1.54, 1.807) is 6.92 Å². The summed E-state index contributed by atoms with van der Waals surface area (Å²) in [6.07, 6.45) is 2.81. The highest BCUT2D eigenvalue weighted by Gasteiger charge is 2.23. The number of thioether (sulfide) groups is 1. The van der Waals surface area contributed by atoms with Gasteiger partial charge < -0.3 is 10.4 Å². The molecule has 0 radical (unpaired) electrons. The van der Waals surface area contributed by atoms with Gasteiger partial charge in [0, 0.05) is 18.4 Å². The van der Waals surface area contributed by atoms with Crippen LogP contribution in [0.25, 0.3) is 0 Å². The lowest BCUT2D eigenvalue weighted by Gasteiger charge is -2.22. The minimum absolute atomic E-state index is 0.00565. The fourth-order valence-electron chi connectivity index (χ4n) is 1.42. The summed E-state index contributed by atoms with van der Waals surface area (Å²) in [5.74, 6) is -0.179. The van der Waals surface area contributed by atoms with Crippen LogP contribution in [-0.2, 0) is 0 Å². The van der Waals surface area contributed by atoms with E-state index < -0.39 is 16.4 Å². The molecule has 0 aliphatic heterocycles. The summed E-state index contributed by atoms with van der Waals surface area (Å²) in [6.45, 7) is 1.59. The minimum atomic E-state index is -1.07. The molecule has 2 N–H and O–H groups in total. The van der Waals surface area contributed by atoms with Crippen LogP contribution in [0.2, 0.25) is 5.15 Å². The number of rotatable bonds is 6. The number of amides is 1. The molecule has 0 spiro atoms. The Morgan fingerprint density at radius 2 is 2.35 bits per heavy atom. The van der Waals surface area contributed by atoms with Crippen molar-refractivity contribution < 1.29 is 14.8 Å². The van der Waals surface area contributed by atoms with Crippen LogP contribution in [0.3, 0.4) is 0 Å². The van der Waals surface area contributed by atoms with Gasteiger partial charge in [0.05, 0.1) is 16.1 Å². The van der Waals surface area contributed by atoms with Crippen molar-refractivity contribution in [1.29, 1.82) is 0 Å². The number of nitrogens with zero attached hydrogens (tertiary/aromatic N) is 2. The van der Waals surface area contributed by atoms with Gasteiger partial charge in [-0.2, -0.15) is 11.8 Å². The van der Waals surface area contributed by atoms with E-state index in [-0.39, 0.29) is 22.9 Å². The average molecular weight is 320 g/mol. The lowest BCUT2D eigenvalue weighted by atomic mass is 10.1. The predicted molar refractivity (Wildman–Crippen MR) is 77.2 cm³/mol. The molecule has 1 amide bonds. The highest BCUT2D eigenvalue weighted by atomic mass is 35.5. The number of carbonyl (C=O) groups excluding carboxylic acids is 1. The molecular weight excluding hydrogens is 306 g/mol. The van der Waals surface area contributed by atoms with Gasteiger partial charge in [-0.3, -0.25) is 14.9 Å². The molecule has 110 valence electrons. The Labute approximate surface area is 124 Å². The predicted octanol–water partition coefficient (Wildman–Crippen LogP) is 1.49. The van der Waals surface area contributed by atoms with E-state index in [4.69, 9.17) is 11.6 Å². The molecule has 9 heteroatoms. The van der Waals surface area contributed by atoms with Gasteiger partial charge in [-0.1, -0.05) is 11.6 Å². The van der Waals surface area contributed by atoms with E-state index in [0.717, 1.165) is 12.3 Å². The molecule has 0 aromatic carbocycles. The maximum atomic E-state index is 11.9. The number of aromatic nitrogens is 1. The van der Waals surface area contributed by atoms with Crippen LogP contribution in [0, 0.1) is 10.1 Å². The summed E-state index contributed by atoms with van der Waals surface area (Å²) in [7, 11) is 0. The summed E-state index contributed by atoms with van der Waals surface area (Å²) in [5, 5.41) is 22.9. The third-order valence-electron chi connectivity index (χ3n) is 2.37. The smallest absolute Gasteiger partial charge is 0.288 e. The number of pyridine rings is 1. The van der Waals surface area contributed by atoms with Crippen molar-refractivity contribution in [2.75, 3.05) is 18.6 Å². The Morgan fingerprint density at radius 3 is 2.90 bits per heavy atom. The molecule has 1 rings (SSSR count). The average Bonchev–Trinajstić information content (AvgIpc) is 2.36. The molecule has 0 aliphatic rings. The third-order valence-corrected chi connectivity index (χ3v) is 3.58. The highest BCUT2D eigenvalue weighted by molar-refractivity contribution is 7.98. The van der Waals surface area contributed by atoms with E-state index in [9.17, 15) is 20.0 Å². The summed E-state index contributed by atoms with van der Waals surface area (Å²) in [5.41, 5.74) is -1.49. The van der Waals surface area contributed by atoms with Gasteiger partial charge in [0.1, 0.15) is 11.3 Å². The Bertz CT molecular complexity index is 524. The first kappa shape index (κ1) is 16.7. The number of hydrogen-bond acceptors (Lipinski definition) is 6. The molecule has 20 heavy (non-hydrogen) atoms. The molecule has 0 fully saturated rings. The van der Waals surface area contributed by atoms with Crippen molar-refractivity contribution in [3.05, 3.63) is 33.1 Å². The molecule has 0 saturated carbocycles. The molecule has 1 aromatic heterocycles. The normalized spacial score (nSPS) is 13.6. The van der Waals surface area contributed by atoms with Crippen LogP contribution in [0.4, 0.5) is 5.69 Å². The number of nitrogens with one attached hydrogen (secondary N) is 1. The van der Waals surface area contributed by atoms with Crippen molar-refractivity contribution in [3.63, 3.8) is 0 Å². The van der Waals surface area contributed by atoms with Crippen molar-refractivity contribution in [2.45, 2.75) is 12.5 Å². The van der Waals surface area contributed by atoms with Crippen LogP contribution in [0.1, 0.15) is 17.3 Å². The van der Waals surface area contributed by atoms with Crippen molar-refractivity contribution >= 4 is 35.0 Å². The van der Waals surface area contributed by atoms with Gasteiger partial charge in [0.2, 0.25) is 0 Å². The molecule has 1 atom stereocenters. The molecule has 0 aliphatic carbocycles. The zero-order valence-corrected chi connectivity index (χ0v) is 12.5. The Kier molecular flexibility index (Phi) is 5.73. The summed E-state index contributed by atoms with van der Waals surface area (Å²) in [6, 6.07) is 1.05. The number of halogens is 1. The maximum absolute atomic E-state index is 11.9. The van der Waals surface area contributed by atoms with Gasteiger partial charge in [-0.05, 0) is 13.2 Å². The van der Waals surface area contributed by atoms with E-state index in [1.165, 1.54) is 11.8 Å². The second-order valence-electron chi connectivity index (χ2n) is 4.40. The van der Waals surface area contributed by atoms with Crippen molar-refractivity contribution in [1.82, 2.24) is 10.3 Å². The van der Waals surface area contributed by atoms with E-state index in [2.05, 4.69) is 10.3 Å². The molecule has 1 aromatic rings. The molecule has 7 nitrogen and oxygen atoms in total. The Hall–Kier alpha value is -1.38.